The second-order valence-electron chi connectivity index (χ2n) is 5.74. The highest BCUT2D eigenvalue weighted by Crippen LogP contribution is 2.30. The largest absolute Gasteiger partial charge is 0.454 e. The Kier molecular flexibility index (Phi) is 5.22. The number of thiophene rings is 1. The van der Waals surface area contributed by atoms with E-state index >= 15 is 0 Å². The van der Waals surface area contributed by atoms with E-state index in [4.69, 9.17) is 23.0 Å². The summed E-state index contributed by atoms with van der Waals surface area (Å²) in [6.45, 7) is 1.95. The van der Waals surface area contributed by atoms with Crippen LogP contribution in [0.15, 0.2) is 21.9 Å². The summed E-state index contributed by atoms with van der Waals surface area (Å²) in [7, 11) is 0. The maximum atomic E-state index is 13.5. The van der Waals surface area contributed by atoms with Crippen molar-refractivity contribution in [2.24, 2.45) is 5.73 Å². The van der Waals surface area contributed by atoms with E-state index in [-0.39, 0.29) is 12.2 Å². The second-order valence-corrected chi connectivity index (χ2v) is 6.77. The van der Waals surface area contributed by atoms with Crippen LogP contribution in [0.2, 0.25) is 0 Å². The van der Waals surface area contributed by atoms with Gasteiger partial charge in [-0.25, -0.2) is 9.37 Å². The van der Waals surface area contributed by atoms with Crippen LogP contribution >= 0.6 is 11.3 Å². The zero-order valence-corrected chi connectivity index (χ0v) is 14.9. The van der Waals surface area contributed by atoms with Crippen LogP contribution in [0.4, 0.5) is 10.2 Å². The average molecular weight is 368 g/mol. The molecule has 132 valence electrons. The second kappa shape index (κ2) is 7.57. The number of terminal acetylenes is 2. The molecule has 0 amide bonds. The van der Waals surface area contributed by atoms with E-state index in [1.165, 1.54) is 6.92 Å². The molecule has 7 heteroatoms. The molecule has 0 aliphatic carbocycles. The predicted molar refractivity (Wildman–Crippen MR) is 102 cm³/mol. The summed E-state index contributed by atoms with van der Waals surface area (Å²) < 4.78 is 19.3. The molecule has 0 saturated heterocycles. The average Bonchev–Trinajstić information content (AvgIpc) is 3.26. The van der Waals surface area contributed by atoms with Gasteiger partial charge in [-0.05, 0) is 24.3 Å². The highest BCUT2D eigenvalue weighted by Gasteiger charge is 2.22. The molecule has 3 rings (SSSR count). The van der Waals surface area contributed by atoms with Crippen molar-refractivity contribution >= 4 is 28.3 Å². The van der Waals surface area contributed by atoms with Crippen molar-refractivity contribution < 1.29 is 8.81 Å². The van der Waals surface area contributed by atoms with Crippen molar-refractivity contribution in [2.45, 2.75) is 32.1 Å². The first kappa shape index (κ1) is 17.9. The van der Waals surface area contributed by atoms with Crippen LogP contribution in [0.25, 0.3) is 11.1 Å². The van der Waals surface area contributed by atoms with Crippen LogP contribution in [0.3, 0.4) is 0 Å². The van der Waals surface area contributed by atoms with E-state index in [0.29, 0.717) is 34.8 Å². The fourth-order valence-corrected chi connectivity index (χ4v) is 3.10. The van der Waals surface area contributed by atoms with E-state index in [9.17, 15) is 4.39 Å². The number of nitrogens with one attached hydrogen (secondary N) is 1. The molecule has 0 unspecified atom stereocenters. The molecule has 3 N–H and O–H groups in total. The topological polar surface area (TPSA) is 77.0 Å². The molecular formula is C19H17FN4OS. The summed E-state index contributed by atoms with van der Waals surface area (Å²) >= 11 is 1.61. The lowest BCUT2D eigenvalue weighted by molar-refractivity contribution is 0.296. The number of furan rings is 1. The summed E-state index contributed by atoms with van der Waals surface area (Å²) in [6.07, 6.45) is 10.1. The fraction of sp³-hybridized carbons (Fsp3) is 0.263. The summed E-state index contributed by atoms with van der Waals surface area (Å²) in [5, 5.41) is 5.19. The molecule has 0 aromatic carbocycles. The van der Waals surface area contributed by atoms with Crippen molar-refractivity contribution in [1.29, 1.82) is 0 Å². The van der Waals surface area contributed by atoms with E-state index in [2.05, 4.69) is 27.1 Å². The van der Waals surface area contributed by atoms with Crippen molar-refractivity contribution in [3.8, 4) is 24.7 Å². The quantitative estimate of drug-likeness (QED) is 0.654. The fourth-order valence-electron chi connectivity index (χ4n) is 2.46. The minimum absolute atomic E-state index is 0.156. The SMILES string of the molecule is C#Cc1nc(NCc2cccs2)c2oc(C[C@@H](N)[C@H](C)F)c(C#C)c2n1. The van der Waals surface area contributed by atoms with Gasteiger partial charge in [0.25, 0.3) is 0 Å². The molecule has 3 heterocycles. The molecule has 5 nitrogen and oxygen atoms in total. The number of aromatic nitrogens is 2. The van der Waals surface area contributed by atoms with Crippen LogP contribution in [0.5, 0.6) is 0 Å². The van der Waals surface area contributed by atoms with Crippen molar-refractivity contribution in [2.75, 3.05) is 5.32 Å². The highest BCUT2D eigenvalue weighted by atomic mass is 32.1. The van der Waals surface area contributed by atoms with E-state index in [1.807, 2.05) is 17.5 Å². The third-order valence-corrected chi connectivity index (χ3v) is 4.78. The Balaban J connectivity index is 2.05. The standard InChI is InChI=1S/C19H17FN4OS/c1-4-13-15(9-14(21)11(3)20)25-18-17(13)23-16(5-2)24-19(18)22-10-12-7-6-8-26-12/h1-2,6-8,11,14H,9-10,21H2,3H3,(H,22,23,24)/t11-,14+/m0/s1. The van der Waals surface area contributed by atoms with E-state index < -0.39 is 12.2 Å². The number of anilines is 1. The Morgan fingerprint density at radius 2 is 2.19 bits per heavy atom. The van der Waals surface area contributed by atoms with Crippen molar-refractivity contribution in [1.82, 2.24) is 9.97 Å². The maximum absolute atomic E-state index is 13.5. The van der Waals surface area contributed by atoms with Gasteiger partial charge in [-0.2, -0.15) is 4.98 Å². The third kappa shape index (κ3) is 3.55. The number of fused-ring (bicyclic) bond motifs is 1. The van der Waals surface area contributed by atoms with Gasteiger partial charge < -0.3 is 15.5 Å². The number of hydrogen-bond acceptors (Lipinski definition) is 6. The number of hydrogen-bond donors (Lipinski definition) is 2. The predicted octanol–water partition coefficient (Wildman–Crippen LogP) is 3.09. The number of nitrogens with two attached hydrogens (primary N) is 1. The van der Waals surface area contributed by atoms with Gasteiger partial charge in [0.15, 0.2) is 11.4 Å². The summed E-state index contributed by atoms with van der Waals surface area (Å²) in [5.74, 6) is 6.02. The first-order valence-corrected chi connectivity index (χ1v) is 8.84. The van der Waals surface area contributed by atoms with Crippen LogP contribution in [-0.4, -0.2) is 22.2 Å². The van der Waals surface area contributed by atoms with Crippen LogP contribution in [0, 0.1) is 24.7 Å². The minimum Gasteiger partial charge on any atom is -0.454 e. The molecule has 0 aliphatic heterocycles. The molecule has 3 aromatic heterocycles. The van der Waals surface area contributed by atoms with Gasteiger partial charge in [0.1, 0.15) is 17.4 Å². The molecule has 0 saturated carbocycles. The summed E-state index contributed by atoms with van der Waals surface area (Å²) in [6, 6.07) is 3.23. The molecule has 2 atom stereocenters. The number of nitrogens with zero attached hydrogens (tertiary/aromatic N) is 2. The number of alkyl halides is 1. The van der Waals surface area contributed by atoms with E-state index in [0.717, 1.165) is 4.88 Å². The van der Waals surface area contributed by atoms with Gasteiger partial charge in [-0.1, -0.05) is 12.0 Å². The summed E-state index contributed by atoms with van der Waals surface area (Å²) in [4.78, 5) is 9.71. The summed E-state index contributed by atoms with van der Waals surface area (Å²) in [5.41, 5.74) is 7.07. The van der Waals surface area contributed by atoms with Crippen molar-refractivity contribution in [3.05, 3.63) is 39.5 Å². The molecule has 0 spiro atoms. The first-order valence-electron chi connectivity index (χ1n) is 7.96. The molecule has 26 heavy (non-hydrogen) atoms. The van der Waals surface area contributed by atoms with Gasteiger partial charge in [-0.3, -0.25) is 0 Å². The van der Waals surface area contributed by atoms with Crippen molar-refractivity contribution in [3.63, 3.8) is 0 Å². The Morgan fingerprint density at radius 3 is 2.81 bits per heavy atom. The van der Waals surface area contributed by atoms with Crippen LogP contribution in [-0.2, 0) is 13.0 Å². The molecule has 0 radical (unpaired) electrons. The van der Waals surface area contributed by atoms with Crippen LogP contribution in [0.1, 0.15) is 28.9 Å². The molecule has 0 fully saturated rings. The minimum atomic E-state index is -1.20. The zero-order chi connectivity index (χ0) is 18.7. The highest BCUT2D eigenvalue weighted by molar-refractivity contribution is 7.09. The Labute approximate surface area is 154 Å². The molecule has 0 aliphatic rings. The molecule has 0 bridgehead atoms. The van der Waals surface area contributed by atoms with Gasteiger partial charge in [-0.15, -0.1) is 24.2 Å². The number of rotatable bonds is 6. The van der Waals surface area contributed by atoms with Gasteiger partial charge in [0.2, 0.25) is 5.82 Å². The lowest BCUT2D eigenvalue weighted by Gasteiger charge is -2.10. The Morgan fingerprint density at radius 1 is 1.38 bits per heavy atom. The van der Waals surface area contributed by atoms with Gasteiger partial charge in [0, 0.05) is 17.3 Å². The molecular weight excluding hydrogens is 351 g/mol. The zero-order valence-electron chi connectivity index (χ0n) is 14.1. The normalized spacial score (nSPS) is 13.1. The van der Waals surface area contributed by atoms with Gasteiger partial charge >= 0.3 is 0 Å². The van der Waals surface area contributed by atoms with Gasteiger partial charge in [0.05, 0.1) is 12.1 Å². The Bertz CT molecular complexity index is 995. The first-order chi connectivity index (χ1) is 12.5. The lowest BCUT2D eigenvalue weighted by atomic mass is 10.1. The van der Waals surface area contributed by atoms with E-state index in [1.54, 1.807) is 11.3 Å². The Hall–Kier alpha value is -2.87. The third-order valence-electron chi connectivity index (χ3n) is 3.90. The maximum Gasteiger partial charge on any atom is 0.207 e. The lowest BCUT2D eigenvalue weighted by Crippen LogP contribution is -2.31. The number of halogens is 1. The van der Waals surface area contributed by atoms with Crippen LogP contribution < -0.4 is 11.1 Å². The smallest absolute Gasteiger partial charge is 0.207 e. The monoisotopic (exact) mass is 368 g/mol. The molecule has 3 aromatic rings.